The predicted octanol–water partition coefficient (Wildman–Crippen LogP) is 1.72. The number of para-hydroxylation sites is 1. The first-order valence-electron chi connectivity index (χ1n) is 9.59. The van der Waals surface area contributed by atoms with Crippen molar-refractivity contribution in [2.45, 2.75) is 50.2 Å². The summed E-state index contributed by atoms with van der Waals surface area (Å²) in [5.74, 6) is 0.685. The second-order valence-corrected chi connectivity index (χ2v) is 7.82. The Morgan fingerprint density at radius 1 is 1.23 bits per heavy atom. The van der Waals surface area contributed by atoms with Crippen LogP contribution >= 0.6 is 0 Å². The third kappa shape index (κ3) is 3.30. The summed E-state index contributed by atoms with van der Waals surface area (Å²) in [4.78, 5) is 26.9. The molecule has 2 aliphatic heterocycles. The van der Waals surface area contributed by atoms with Crippen molar-refractivity contribution >= 4 is 11.8 Å². The summed E-state index contributed by atoms with van der Waals surface area (Å²) in [6, 6.07) is 7.33. The second kappa shape index (κ2) is 6.91. The minimum atomic E-state index is -0.430. The maximum Gasteiger partial charge on any atom is 0.255 e. The molecule has 0 aromatic heterocycles. The topological polar surface area (TPSA) is 78.9 Å². The summed E-state index contributed by atoms with van der Waals surface area (Å²) in [6.07, 6.45) is 4.26. The first kappa shape index (κ1) is 17.3. The fraction of sp³-hybridized carbons (Fsp3) is 0.600. The Hall–Kier alpha value is -2.08. The van der Waals surface area contributed by atoms with Gasteiger partial charge in [-0.25, -0.2) is 0 Å². The number of nitrogens with one attached hydrogen (secondary N) is 1. The lowest BCUT2D eigenvalue weighted by Crippen LogP contribution is -2.51. The third-order valence-corrected chi connectivity index (χ3v) is 5.98. The molecular formula is C20H26N2O4. The maximum absolute atomic E-state index is 12.8. The number of piperidine rings is 1. The molecule has 140 valence electrons. The molecule has 2 fully saturated rings. The molecule has 3 aliphatic rings. The van der Waals surface area contributed by atoms with E-state index in [4.69, 9.17) is 4.74 Å². The Morgan fingerprint density at radius 2 is 2.00 bits per heavy atom. The minimum absolute atomic E-state index is 0.0104. The fourth-order valence-corrected chi connectivity index (χ4v) is 4.43. The van der Waals surface area contributed by atoms with Crippen molar-refractivity contribution in [1.82, 2.24) is 10.2 Å². The van der Waals surface area contributed by atoms with Crippen molar-refractivity contribution in [2.75, 3.05) is 19.6 Å². The van der Waals surface area contributed by atoms with Gasteiger partial charge in [-0.1, -0.05) is 12.1 Å². The molecule has 0 radical (unpaired) electrons. The summed E-state index contributed by atoms with van der Waals surface area (Å²) in [6.45, 7) is 1.68. The van der Waals surface area contributed by atoms with Gasteiger partial charge in [-0.3, -0.25) is 9.59 Å². The number of ether oxygens (including phenoxy) is 1. The molecule has 0 bridgehead atoms. The predicted molar refractivity (Wildman–Crippen MR) is 95.9 cm³/mol. The van der Waals surface area contributed by atoms with Crippen LogP contribution in [0.15, 0.2) is 24.3 Å². The molecule has 1 saturated heterocycles. The number of aliphatic hydroxyl groups excluding tert-OH is 1. The van der Waals surface area contributed by atoms with Crippen LogP contribution in [0.3, 0.4) is 0 Å². The molecule has 1 spiro atoms. The molecule has 6 heteroatoms. The van der Waals surface area contributed by atoms with Crippen LogP contribution in [0.4, 0.5) is 0 Å². The van der Waals surface area contributed by atoms with Gasteiger partial charge in [0, 0.05) is 19.0 Å². The van der Waals surface area contributed by atoms with Gasteiger partial charge in [0.15, 0.2) is 0 Å². The number of amides is 2. The Balaban J connectivity index is 1.43. The average Bonchev–Trinajstić information content (AvgIpc) is 2.79. The van der Waals surface area contributed by atoms with Gasteiger partial charge in [0.2, 0.25) is 5.91 Å². The van der Waals surface area contributed by atoms with Crippen LogP contribution in [0.1, 0.15) is 48.9 Å². The highest BCUT2D eigenvalue weighted by Crippen LogP contribution is 2.38. The monoisotopic (exact) mass is 358 g/mol. The molecule has 1 aromatic rings. The fourth-order valence-electron chi connectivity index (χ4n) is 4.43. The van der Waals surface area contributed by atoms with Gasteiger partial charge >= 0.3 is 0 Å². The summed E-state index contributed by atoms with van der Waals surface area (Å²) >= 11 is 0. The van der Waals surface area contributed by atoms with Gasteiger partial charge in [0.05, 0.1) is 18.2 Å². The zero-order valence-electron chi connectivity index (χ0n) is 14.9. The molecule has 1 aliphatic carbocycles. The van der Waals surface area contributed by atoms with Gasteiger partial charge in [-0.2, -0.15) is 0 Å². The summed E-state index contributed by atoms with van der Waals surface area (Å²) in [5.41, 5.74) is 0.144. The molecule has 2 heterocycles. The second-order valence-electron chi connectivity index (χ2n) is 7.82. The highest BCUT2D eigenvalue weighted by Gasteiger charge is 2.42. The number of nitrogens with zero attached hydrogens (tertiary/aromatic N) is 1. The number of hydrogen-bond donors (Lipinski definition) is 2. The van der Waals surface area contributed by atoms with Crippen LogP contribution in [0, 0.1) is 5.92 Å². The van der Waals surface area contributed by atoms with E-state index in [-0.39, 0.29) is 23.8 Å². The van der Waals surface area contributed by atoms with E-state index in [9.17, 15) is 14.7 Å². The van der Waals surface area contributed by atoms with Crippen LogP contribution in [0.2, 0.25) is 0 Å². The van der Waals surface area contributed by atoms with Crippen molar-refractivity contribution in [3.8, 4) is 5.75 Å². The third-order valence-electron chi connectivity index (χ3n) is 5.98. The molecule has 1 atom stereocenters. The Kier molecular flexibility index (Phi) is 4.61. The lowest BCUT2D eigenvalue weighted by molar-refractivity contribution is -0.141. The van der Waals surface area contributed by atoms with E-state index in [0.717, 1.165) is 45.1 Å². The highest BCUT2D eigenvalue weighted by atomic mass is 16.5. The van der Waals surface area contributed by atoms with Crippen LogP contribution in [0.5, 0.6) is 5.75 Å². The average molecular weight is 358 g/mol. The SMILES string of the molecule is O=C1NCC2(CCC(C(=O)N3CCC[C@@H](O)C3)CC2)Oc2ccccc21. The molecule has 26 heavy (non-hydrogen) atoms. The molecule has 1 aromatic carbocycles. The number of aliphatic hydroxyl groups is 1. The quantitative estimate of drug-likeness (QED) is 0.801. The van der Waals surface area contributed by atoms with E-state index in [2.05, 4.69) is 5.32 Å². The van der Waals surface area contributed by atoms with Gasteiger partial charge in [0.25, 0.3) is 5.91 Å². The summed E-state index contributed by atoms with van der Waals surface area (Å²) in [7, 11) is 0. The Bertz CT molecular complexity index is 697. The van der Waals surface area contributed by atoms with E-state index < -0.39 is 5.60 Å². The molecule has 4 rings (SSSR count). The number of likely N-dealkylation sites (tertiary alicyclic amines) is 1. The van der Waals surface area contributed by atoms with Crippen molar-refractivity contribution < 1.29 is 19.4 Å². The molecule has 6 nitrogen and oxygen atoms in total. The molecule has 1 saturated carbocycles. The Labute approximate surface area is 153 Å². The zero-order valence-corrected chi connectivity index (χ0v) is 14.9. The van der Waals surface area contributed by atoms with Crippen LogP contribution in [-0.2, 0) is 4.79 Å². The van der Waals surface area contributed by atoms with E-state index >= 15 is 0 Å². The number of carbonyl (C=O) groups excluding carboxylic acids is 2. The normalized spacial score (nSPS) is 31.6. The first-order valence-corrected chi connectivity index (χ1v) is 9.59. The van der Waals surface area contributed by atoms with E-state index in [0.29, 0.717) is 24.4 Å². The number of rotatable bonds is 1. The summed E-state index contributed by atoms with van der Waals surface area (Å²) < 4.78 is 6.30. The number of β-amino-alcohol motifs (C(OH)–C–C–N with tert-alkyl or cyclic N) is 1. The first-order chi connectivity index (χ1) is 12.6. The van der Waals surface area contributed by atoms with E-state index in [1.165, 1.54) is 0 Å². The Morgan fingerprint density at radius 3 is 2.77 bits per heavy atom. The molecular weight excluding hydrogens is 332 g/mol. The standard InChI is InChI=1S/C20H26N2O4/c23-15-4-3-11-22(12-15)19(25)14-7-9-20(10-8-14)13-21-18(24)16-5-1-2-6-17(16)26-20/h1-2,5-6,14-15,23H,3-4,7-13H2,(H,21,24)/t14?,15-,20?/m1/s1. The van der Waals surface area contributed by atoms with Crippen LogP contribution in [-0.4, -0.2) is 53.2 Å². The smallest absolute Gasteiger partial charge is 0.255 e. The summed E-state index contributed by atoms with van der Waals surface area (Å²) in [5, 5.41) is 12.8. The largest absolute Gasteiger partial charge is 0.485 e. The van der Waals surface area contributed by atoms with Crippen molar-refractivity contribution in [3.05, 3.63) is 29.8 Å². The molecule has 2 N–H and O–H groups in total. The van der Waals surface area contributed by atoms with E-state index in [1.54, 1.807) is 6.07 Å². The van der Waals surface area contributed by atoms with Crippen LogP contribution < -0.4 is 10.1 Å². The van der Waals surface area contributed by atoms with Crippen molar-refractivity contribution in [1.29, 1.82) is 0 Å². The number of fused-ring (bicyclic) bond motifs is 1. The highest BCUT2D eigenvalue weighted by molar-refractivity contribution is 5.97. The maximum atomic E-state index is 12.8. The van der Waals surface area contributed by atoms with Crippen LogP contribution in [0.25, 0.3) is 0 Å². The van der Waals surface area contributed by atoms with Crippen molar-refractivity contribution in [2.24, 2.45) is 5.92 Å². The zero-order chi connectivity index (χ0) is 18.1. The minimum Gasteiger partial charge on any atom is -0.485 e. The lowest BCUT2D eigenvalue weighted by atomic mass is 9.77. The number of hydrogen-bond acceptors (Lipinski definition) is 4. The van der Waals surface area contributed by atoms with Gasteiger partial charge < -0.3 is 20.1 Å². The number of carbonyl (C=O) groups is 2. The van der Waals surface area contributed by atoms with E-state index in [1.807, 2.05) is 23.1 Å². The lowest BCUT2D eigenvalue weighted by Gasteiger charge is -2.41. The molecule has 2 amide bonds. The van der Waals surface area contributed by atoms with Gasteiger partial charge in [-0.05, 0) is 50.7 Å². The van der Waals surface area contributed by atoms with Gasteiger partial charge in [-0.15, -0.1) is 0 Å². The van der Waals surface area contributed by atoms with Crippen molar-refractivity contribution in [3.63, 3.8) is 0 Å². The van der Waals surface area contributed by atoms with Gasteiger partial charge in [0.1, 0.15) is 11.4 Å². The number of benzene rings is 1. The molecule has 0 unspecified atom stereocenters.